The molecule has 27 heavy (non-hydrogen) atoms. The number of thioether (sulfide) groups is 1. The second-order valence-electron chi connectivity index (χ2n) is 7.06. The molecule has 1 aromatic rings. The van der Waals surface area contributed by atoms with Gasteiger partial charge in [0.2, 0.25) is 5.91 Å². The van der Waals surface area contributed by atoms with Crippen molar-refractivity contribution in [3.05, 3.63) is 46.7 Å². The Labute approximate surface area is 164 Å². The minimum atomic E-state index is -0.491. The first kappa shape index (κ1) is 19.7. The molecule has 144 valence electrons. The van der Waals surface area contributed by atoms with Gasteiger partial charge in [-0.25, -0.2) is 9.79 Å². The molecule has 0 aromatic heterocycles. The van der Waals surface area contributed by atoms with E-state index in [-0.39, 0.29) is 17.8 Å². The van der Waals surface area contributed by atoms with E-state index in [0.29, 0.717) is 22.4 Å². The van der Waals surface area contributed by atoms with Crippen molar-refractivity contribution >= 4 is 28.8 Å². The minimum absolute atomic E-state index is 0.00786. The summed E-state index contributed by atoms with van der Waals surface area (Å²) in [5.74, 6) is 0.0137. The smallest absolute Gasteiger partial charge is 0.338 e. The van der Waals surface area contributed by atoms with Crippen molar-refractivity contribution in [1.82, 2.24) is 4.90 Å². The molecule has 0 bridgehead atoms. The van der Waals surface area contributed by atoms with Gasteiger partial charge < -0.3 is 4.74 Å². The van der Waals surface area contributed by atoms with Gasteiger partial charge in [0, 0.05) is 0 Å². The molecule has 0 unspecified atom stereocenters. The maximum Gasteiger partial charge on any atom is 0.338 e. The van der Waals surface area contributed by atoms with Crippen LogP contribution in [-0.2, 0) is 14.3 Å². The van der Waals surface area contributed by atoms with Crippen LogP contribution in [0.4, 0.5) is 0 Å². The van der Waals surface area contributed by atoms with Crippen molar-refractivity contribution in [2.75, 3.05) is 6.61 Å². The number of hydrogen-bond donors (Lipinski definition) is 0. The molecule has 0 radical (unpaired) electrons. The average molecular weight is 387 g/mol. The Hall–Kier alpha value is -2.08. The first-order valence-corrected chi connectivity index (χ1v) is 10.3. The van der Waals surface area contributed by atoms with Crippen LogP contribution in [0.2, 0.25) is 0 Å². The second kappa shape index (κ2) is 7.89. The zero-order chi connectivity index (χ0) is 19.7. The molecule has 1 aromatic carbocycles. The number of aliphatic imine (C=N–C) groups is 1. The van der Waals surface area contributed by atoms with Crippen LogP contribution in [0.25, 0.3) is 0 Å². The van der Waals surface area contributed by atoms with Gasteiger partial charge in [-0.15, -0.1) is 0 Å². The predicted octanol–water partition coefficient (Wildman–Crippen LogP) is 4.41. The van der Waals surface area contributed by atoms with E-state index in [2.05, 4.69) is 31.0 Å². The lowest BCUT2D eigenvalue weighted by Gasteiger charge is -2.33. The lowest BCUT2D eigenvalue weighted by atomic mass is 9.92. The van der Waals surface area contributed by atoms with Crippen LogP contribution < -0.4 is 0 Å². The molecular formula is C21H26N2O3S. The van der Waals surface area contributed by atoms with Gasteiger partial charge in [-0.3, -0.25) is 9.69 Å². The van der Waals surface area contributed by atoms with Crippen molar-refractivity contribution in [2.45, 2.75) is 58.2 Å². The van der Waals surface area contributed by atoms with E-state index in [9.17, 15) is 9.59 Å². The third-order valence-corrected chi connectivity index (χ3v) is 6.25. The highest BCUT2D eigenvalue weighted by Gasteiger charge is 2.47. The van der Waals surface area contributed by atoms with Gasteiger partial charge in [0.05, 0.1) is 29.2 Å². The summed E-state index contributed by atoms with van der Waals surface area (Å²) >= 11 is 1.48. The number of amidine groups is 1. The number of carbonyl (C=O) groups excluding carboxylic acids is 2. The summed E-state index contributed by atoms with van der Waals surface area (Å²) in [5, 5.41) is 0.519. The number of amides is 1. The van der Waals surface area contributed by atoms with Gasteiger partial charge in [-0.05, 0) is 37.3 Å². The van der Waals surface area contributed by atoms with Crippen LogP contribution in [0.15, 0.2) is 40.5 Å². The standard InChI is InChI=1S/C21H26N2O3S/c1-6-16-19(24)23-18(15-10-8-14(9-11-15)12(3)4)17(20(25)26-7-2)13(5)22-21(23)27-16/h8-12,16,18H,6-7H2,1-5H3/t16-,18-/m0/s1. The monoisotopic (exact) mass is 386 g/mol. The Bertz CT molecular complexity index is 811. The summed E-state index contributed by atoms with van der Waals surface area (Å²) in [6.07, 6.45) is 0.728. The Morgan fingerprint density at radius 3 is 2.48 bits per heavy atom. The lowest BCUT2D eigenvalue weighted by Crippen LogP contribution is -2.40. The minimum Gasteiger partial charge on any atom is -0.463 e. The fraction of sp³-hybridized carbons (Fsp3) is 0.476. The van der Waals surface area contributed by atoms with Crippen molar-refractivity contribution in [1.29, 1.82) is 0 Å². The van der Waals surface area contributed by atoms with E-state index in [1.165, 1.54) is 17.3 Å². The summed E-state index contributed by atoms with van der Waals surface area (Å²) in [7, 11) is 0. The zero-order valence-corrected chi connectivity index (χ0v) is 17.3. The Morgan fingerprint density at radius 1 is 1.26 bits per heavy atom. The number of esters is 1. The maximum absolute atomic E-state index is 13.0. The van der Waals surface area contributed by atoms with Gasteiger partial charge in [-0.2, -0.15) is 0 Å². The number of fused-ring (bicyclic) bond motifs is 1. The maximum atomic E-state index is 13.0. The summed E-state index contributed by atoms with van der Waals surface area (Å²) in [5.41, 5.74) is 3.19. The first-order chi connectivity index (χ1) is 12.9. The van der Waals surface area contributed by atoms with Crippen LogP contribution in [0.5, 0.6) is 0 Å². The van der Waals surface area contributed by atoms with Crippen molar-refractivity contribution in [3.8, 4) is 0 Å². The zero-order valence-electron chi connectivity index (χ0n) is 16.5. The van der Waals surface area contributed by atoms with E-state index >= 15 is 0 Å². The molecule has 2 aliphatic rings. The third kappa shape index (κ3) is 3.55. The highest BCUT2D eigenvalue weighted by Crippen LogP contribution is 2.44. The van der Waals surface area contributed by atoms with Crippen LogP contribution in [0.1, 0.15) is 64.1 Å². The Kier molecular flexibility index (Phi) is 5.75. The number of hydrogen-bond acceptors (Lipinski definition) is 5. The number of ether oxygens (including phenoxy) is 1. The van der Waals surface area contributed by atoms with Gasteiger partial charge in [-0.1, -0.05) is 56.8 Å². The molecule has 0 saturated carbocycles. The lowest BCUT2D eigenvalue weighted by molar-refractivity contribution is -0.139. The molecule has 2 heterocycles. The van der Waals surface area contributed by atoms with Gasteiger partial charge in [0.15, 0.2) is 5.17 Å². The Morgan fingerprint density at radius 2 is 1.93 bits per heavy atom. The number of benzene rings is 1. The number of allylic oxidation sites excluding steroid dienone is 1. The van der Waals surface area contributed by atoms with Crippen LogP contribution >= 0.6 is 11.8 Å². The summed E-state index contributed by atoms with van der Waals surface area (Å²) in [6.45, 7) is 10.2. The molecule has 1 amide bonds. The topological polar surface area (TPSA) is 59.0 Å². The normalized spacial score (nSPS) is 22.2. The molecule has 2 aliphatic heterocycles. The predicted molar refractivity (Wildman–Crippen MR) is 109 cm³/mol. The molecule has 5 nitrogen and oxygen atoms in total. The van der Waals surface area contributed by atoms with E-state index in [1.54, 1.807) is 11.8 Å². The van der Waals surface area contributed by atoms with E-state index in [1.807, 2.05) is 26.0 Å². The summed E-state index contributed by atoms with van der Waals surface area (Å²) < 4.78 is 5.29. The van der Waals surface area contributed by atoms with E-state index in [4.69, 9.17) is 4.74 Å². The summed E-state index contributed by atoms with van der Waals surface area (Å²) in [4.78, 5) is 32.0. The number of nitrogens with zero attached hydrogens (tertiary/aromatic N) is 2. The number of carbonyl (C=O) groups is 2. The average Bonchev–Trinajstić information content (AvgIpc) is 2.96. The Balaban J connectivity index is 2.10. The van der Waals surface area contributed by atoms with Crippen molar-refractivity contribution in [2.24, 2.45) is 4.99 Å². The van der Waals surface area contributed by atoms with Gasteiger partial charge in [0.25, 0.3) is 0 Å². The largest absolute Gasteiger partial charge is 0.463 e. The van der Waals surface area contributed by atoms with Crippen molar-refractivity contribution < 1.29 is 14.3 Å². The molecule has 0 aliphatic carbocycles. The molecular weight excluding hydrogens is 360 g/mol. The SMILES string of the molecule is CCOC(=O)C1=C(C)N=C2S[C@@H](CC)C(=O)N2[C@H]1c1ccc(C(C)C)cc1. The molecule has 3 rings (SSSR count). The van der Waals surface area contributed by atoms with Gasteiger partial charge >= 0.3 is 5.97 Å². The highest BCUT2D eigenvalue weighted by atomic mass is 32.2. The van der Waals surface area contributed by atoms with E-state index < -0.39 is 12.0 Å². The second-order valence-corrected chi connectivity index (χ2v) is 8.23. The fourth-order valence-corrected chi connectivity index (χ4v) is 4.57. The van der Waals surface area contributed by atoms with Gasteiger partial charge in [0.1, 0.15) is 0 Å². The van der Waals surface area contributed by atoms with Crippen LogP contribution in [0.3, 0.4) is 0 Å². The molecule has 6 heteroatoms. The molecule has 1 fully saturated rings. The van der Waals surface area contributed by atoms with Crippen molar-refractivity contribution in [3.63, 3.8) is 0 Å². The molecule has 2 atom stereocenters. The molecule has 0 N–H and O–H groups in total. The quantitative estimate of drug-likeness (QED) is 0.703. The first-order valence-electron chi connectivity index (χ1n) is 9.45. The van der Waals surface area contributed by atoms with Crippen LogP contribution in [-0.4, -0.2) is 33.8 Å². The number of rotatable bonds is 5. The third-order valence-electron chi connectivity index (χ3n) is 4.94. The van der Waals surface area contributed by atoms with E-state index in [0.717, 1.165) is 12.0 Å². The molecule has 1 saturated heterocycles. The highest BCUT2D eigenvalue weighted by molar-refractivity contribution is 8.15. The molecule has 0 spiro atoms. The summed E-state index contributed by atoms with van der Waals surface area (Å²) in [6, 6.07) is 7.65. The fourth-order valence-electron chi connectivity index (χ4n) is 3.44. The van der Waals surface area contributed by atoms with Crippen LogP contribution in [0, 0.1) is 0 Å².